The van der Waals surface area contributed by atoms with Gasteiger partial charge < -0.3 is 10.4 Å². The van der Waals surface area contributed by atoms with Crippen molar-refractivity contribution in [1.29, 1.82) is 0 Å². The Morgan fingerprint density at radius 2 is 1.50 bits per heavy atom. The van der Waals surface area contributed by atoms with Gasteiger partial charge >= 0.3 is 5.97 Å². The summed E-state index contributed by atoms with van der Waals surface area (Å²) >= 11 is 0. The number of aliphatic carboxylic acids is 1. The molecule has 1 aliphatic rings. The molecular weight excluding hydrogens is 496 g/mol. The van der Waals surface area contributed by atoms with Crippen LogP contribution in [0.25, 0.3) is 0 Å². The number of rotatable bonds is 10. The Bertz CT molecular complexity index is 1120. The van der Waals surface area contributed by atoms with Crippen molar-refractivity contribution >= 4 is 24.3 Å². The smallest absolute Gasteiger partial charge is 0.304 e. The van der Waals surface area contributed by atoms with E-state index in [0.29, 0.717) is 12.5 Å². The summed E-state index contributed by atoms with van der Waals surface area (Å²) in [6.45, 7) is 6.31. The number of nitrogens with zero attached hydrogens (tertiary/aromatic N) is 1. The second kappa shape index (κ2) is 14.1. The first kappa shape index (κ1) is 29.4. The van der Waals surface area contributed by atoms with Gasteiger partial charge in [0.1, 0.15) is 0 Å². The lowest BCUT2D eigenvalue weighted by Gasteiger charge is -2.39. The van der Waals surface area contributed by atoms with Gasteiger partial charge in [0.2, 0.25) is 5.91 Å². The minimum Gasteiger partial charge on any atom is -0.481 e. The van der Waals surface area contributed by atoms with Gasteiger partial charge in [0.05, 0.1) is 12.3 Å². The van der Waals surface area contributed by atoms with Gasteiger partial charge in [0.25, 0.3) is 0 Å². The van der Waals surface area contributed by atoms with Crippen LogP contribution < -0.4 is 5.32 Å². The number of aryl methyl sites for hydroxylation is 2. The van der Waals surface area contributed by atoms with Gasteiger partial charge in [-0.15, -0.1) is 12.4 Å². The van der Waals surface area contributed by atoms with E-state index in [-0.39, 0.29) is 36.7 Å². The Labute approximate surface area is 232 Å². The average molecular weight is 535 g/mol. The minimum atomic E-state index is -0.754. The Hall–Kier alpha value is -3.15. The number of carbonyl (C=O) groups is 2. The molecule has 2 unspecified atom stereocenters. The predicted molar refractivity (Wildman–Crippen MR) is 155 cm³/mol. The lowest BCUT2D eigenvalue weighted by atomic mass is 9.84. The highest BCUT2D eigenvalue weighted by Gasteiger charge is 2.30. The third-order valence-electron chi connectivity index (χ3n) is 7.52. The Kier molecular flexibility index (Phi) is 10.9. The molecule has 0 aliphatic carbocycles. The number of piperidine rings is 1. The molecule has 6 heteroatoms. The van der Waals surface area contributed by atoms with Gasteiger partial charge in [0, 0.05) is 19.1 Å². The number of carboxylic acids is 1. The van der Waals surface area contributed by atoms with Crippen LogP contribution in [0.4, 0.5) is 0 Å². The molecule has 1 fully saturated rings. The maximum Gasteiger partial charge on any atom is 0.304 e. The van der Waals surface area contributed by atoms with E-state index in [0.717, 1.165) is 43.5 Å². The van der Waals surface area contributed by atoms with Gasteiger partial charge in [0.15, 0.2) is 0 Å². The summed E-state index contributed by atoms with van der Waals surface area (Å²) in [6.07, 6.45) is 2.81. The molecule has 1 heterocycles. The van der Waals surface area contributed by atoms with E-state index < -0.39 is 5.97 Å². The second-order valence-corrected chi connectivity index (χ2v) is 10.3. The normalized spacial score (nSPS) is 17.6. The van der Waals surface area contributed by atoms with Crippen LogP contribution in [-0.2, 0) is 9.59 Å². The largest absolute Gasteiger partial charge is 0.481 e. The van der Waals surface area contributed by atoms with Crippen molar-refractivity contribution in [3.8, 4) is 0 Å². The van der Waals surface area contributed by atoms with Crippen molar-refractivity contribution in [3.63, 3.8) is 0 Å². The molecule has 1 saturated heterocycles. The maximum atomic E-state index is 13.4. The molecule has 1 aliphatic heterocycles. The molecule has 0 bridgehead atoms. The molecule has 0 saturated carbocycles. The van der Waals surface area contributed by atoms with E-state index in [2.05, 4.69) is 34.5 Å². The number of halogens is 1. The Morgan fingerprint density at radius 3 is 2.05 bits per heavy atom. The van der Waals surface area contributed by atoms with Crippen molar-refractivity contribution < 1.29 is 14.7 Å². The predicted octanol–water partition coefficient (Wildman–Crippen LogP) is 6.09. The zero-order valence-corrected chi connectivity index (χ0v) is 23.1. The maximum absolute atomic E-state index is 13.4. The molecular formula is C32H39ClN2O3. The lowest BCUT2D eigenvalue weighted by Crippen LogP contribution is -2.44. The average Bonchev–Trinajstić information content (AvgIpc) is 2.90. The lowest BCUT2D eigenvalue weighted by molar-refractivity contribution is -0.138. The fourth-order valence-electron chi connectivity index (χ4n) is 5.44. The summed E-state index contributed by atoms with van der Waals surface area (Å²) in [5.41, 5.74) is 5.59. The minimum absolute atomic E-state index is 0. The Balaban J connectivity index is 0.00000400. The standard InChI is InChI=1S/C32H38N2O3.ClH/c1-23-9-13-26(14-10-23)31(27-15-11-24(2)12-16-27)32(37)33-18-6-19-34-20-17-28(21-29(34)22-30(35)36)25-7-4-3-5-8-25;/h3-5,7-16,28-29,31H,6,17-22H2,1-2H3,(H,33,37)(H,35,36);1H. The van der Waals surface area contributed by atoms with Gasteiger partial charge in [-0.05, 0) is 62.3 Å². The first-order valence-corrected chi connectivity index (χ1v) is 13.3. The van der Waals surface area contributed by atoms with Crippen LogP contribution in [0.5, 0.6) is 0 Å². The van der Waals surface area contributed by atoms with E-state index in [1.165, 1.54) is 16.7 Å². The first-order valence-electron chi connectivity index (χ1n) is 13.3. The molecule has 0 aromatic heterocycles. The summed E-state index contributed by atoms with van der Waals surface area (Å²) < 4.78 is 0. The van der Waals surface area contributed by atoms with Crippen molar-refractivity contribution in [2.45, 2.75) is 57.4 Å². The highest BCUT2D eigenvalue weighted by Crippen LogP contribution is 2.33. The number of benzene rings is 3. The number of carboxylic acid groups (broad SMARTS) is 1. The summed E-state index contributed by atoms with van der Waals surface area (Å²) in [6, 6.07) is 26.8. The number of hydrogen-bond donors (Lipinski definition) is 2. The monoisotopic (exact) mass is 534 g/mol. The molecule has 3 aromatic carbocycles. The van der Waals surface area contributed by atoms with Crippen LogP contribution in [0.15, 0.2) is 78.9 Å². The summed E-state index contributed by atoms with van der Waals surface area (Å²) in [7, 11) is 0. The van der Waals surface area contributed by atoms with E-state index in [4.69, 9.17) is 0 Å². The second-order valence-electron chi connectivity index (χ2n) is 10.3. The van der Waals surface area contributed by atoms with Crippen LogP contribution in [0.1, 0.15) is 65.3 Å². The van der Waals surface area contributed by atoms with Crippen LogP contribution in [0, 0.1) is 13.8 Å². The van der Waals surface area contributed by atoms with Gasteiger partial charge in [-0.1, -0.05) is 90.0 Å². The van der Waals surface area contributed by atoms with Crippen molar-refractivity contribution in [1.82, 2.24) is 10.2 Å². The highest BCUT2D eigenvalue weighted by atomic mass is 35.5. The third-order valence-corrected chi connectivity index (χ3v) is 7.52. The fraction of sp³-hybridized carbons (Fsp3) is 0.375. The molecule has 2 atom stereocenters. The van der Waals surface area contributed by atoms with Crippen LogP contribution >= 0.6 is 12.4 Å². The van der Waals surface area contributed by atoms with Crippen LogP contribution in [0.2, 0.25) is 0 Å². The molecule has 0 spiro atoms. The number of hydrogen-bond acceptors (Lipinski definition) is 3. The number of nitrogens with one attached hydrogen (secondary N) is 1. The van der Waals surface area contributed by atoms with Gasteiger partial charge in [-0.3, -0.25) is 14.5 Å². The summed E-state index contributed by atoms with van der Waals surface area (Å²) in [4.78, 5) is 27.3. The van der Waals surface area contributed by atoms with Crippen molar-refractivity contribution in [2.24, 2.45) is 0 Å². The highest BCUT2D eigenvalue weighted by molar-refractivity contribution is 5.87. The van der Waals surface area contributed by atoms with Crippen LogP contribution in [0.3, 0.4) is 0 Å². The zero-order chi connectivity index (χ0) is 26.2. The summed E-state index contributed by atoms with van der Waals surface area (Å²) in [5.74, 6) is -0.720. The molecule has 1 amide bonds. The molecule has 5 nitrogen and oxygen atoms in total. The summed E-state index contributed by atoms with van der Waals surface area (Å²) in [5, 5.41) is 12.7. The molecule has 2 N–H and O–H groups in total. The van der Waals surface area contributed by atoms with Gasteiger partial charge in [-0.2, -0.15) is 0 Å². The molecule has 4 rings (SSSR count). The number of likely N-dealkylation sites (tertiary alicyclic amines) is 1. The number of amides is 1. The number of carbonyl (C=O) groups excluding carboxylic acids is 1. The van der Waals surface area contributed by atoms with E-state index in [1.807, 2.05) is 68.4 Å². The Morgan fingerprint density at radius 1 is 0.921 bits per heavy atom. The molecule has 202 valence electrons. The van der Waals surface area contributed by atoms with Crippen molar-refractivity contribution in [2.75, 3.05) is 19.6 Å². The SMILES string of the molecule is Cc1ccc(C(C(=O)NCCCN2CCC(c3ccccc3)CC2CC(=O)O)c2ccc(C)cc2)cc1.Cl. The first-order chi connectivity index (χ1) is 17.9. The molecule has 3 aromatic rings. The van der Waals surface area contributed by atoms with E-state index in [9.17, 15) is 14.7 Å². The third kappa shape index (κ3) is 7.92. The zero-order valence-electron chi connectivity index (χ0n) is 22.3. The van der Waals surface area contributed by atoms with Crippen molar-refractivity contribution in [3.05, 3.63) is 107 Å². The van der Waals surface area contributed by atoms with E-state index in [1.54, 1.807) is 0 Å². The molecule has 38 heavy (non-hydrogen) atoms. The topological polar surface area (TPSA) is 69.6 Å². The molecule has 0 radical (unpaired) electrons. The quantitative estimate of drug-likeness (QED) is 0.309. The van der Waals surface area contributed by atoms with Gasteiger partial charge in [-0.25, -0.2) is 0 Å². The van der Waals surface area contributed by atoms with E-state index >= 15 is 0 Å². The fourth-order valence-corrected chi connectivity index (χ4v) is 5.44. The van der Waals surface area contributed by atoms with Crippen LogP contribution in [-0.4, -0.2) is 47.6 Å².